The van der Waals surface area contributed by atoms with E-state index in [-0.39, 0.29) is 16.5 Å². The van der Waals surface area contributed by atoms with E-state index in [1.165, 1.54) is 32.4 Å². The van der Waals surface area contributed by atoms with Gasteiger partial charge in [-0.3, -0.25) is 4.68 Å². The first-order valence-electron chi connectivity index (χ1n) is 4.97. The second kappa shape index (κ2) is 4.01. The third-order valence-corrected chi connectivity index (χ3v) is 2.54. The van der Waals surface area contributed by atoms with Gasteiger partial charge in [-0.1, -0.05) is 0 Å². The number of aromatic nitrogens is 2. The minimum Gasteiger partial charge on any atom is -0.465 e. The van der Waals surface area contributed by atoms with E-state index in [9.17, 15) is 18.0 Å². The summed E-state index contributed by atoms with van der Waals surface area (Å²) in [7, 11) is 2.59. The average Bonchev–Trinajstić information content (AvgIpc) is 2.65. The number of ether oxygens (including phenoxy) is 1. The lowest BCUT2D eigenvalue weighted by Crippen LogP contribution is -2.07. The fourth-order valence-corrected chi connectivity index (χ4v) is 1.71. The minimum atomic E-state index is -4.52. The molecule has 0 bridgehead atoms. The van der Waals surface area contributed by atoms with Crippen molar-refractivity contribution in [3.05, 3.63) is 29.5 Å². The number of methoxy groups -OCH3 is 1. The molecule has 18 heavy (non-hydrogen) atoms. The average molecular weight is 258 g/mol. The number of rotatable bonds is 1. The molecule has 0 N–H and O–H groups in total. The molecule has 0 saturated carbocycles. The van der Waals surface area contributed by atoms with Crippen molar-refractivity contribution in [2.45, 2.75) is 6.18 Å². The zero-order valence-corrected chi connectivity index (χ0v) is 9.58. The highest BCUT2D eigenvalue weighted by atomic mass is 19.4. The first-order chi connectivity index (χ1) is 8.34. The zero-order chi connectivity index (χ0) is 13.5. The molecule has 0 saturated heterocycles. The second-order valence-electron chi connectivity index (χ2n) is 3.69. The summed E-state index contributed by atoms with van der Waals surface area (Å²) >= 11 is 0. The predicted octanol–water partition coefficient (Wildman–Crippen LogP) is 2.38. The molecule has 0 aliphatic rings. The molecule has 0 fully saturated rings. The number of benzene rings is 1. The smallest absolute Gasteiger partial charge is 0.435 e. The van der Waals surface area contributed by atoms with Crippen LogP contribution in [-0.2, 0) is 18.0 Å². The van der Waals surface area contributed by atoms with Crippen LogP contribution in [0.15, 0.2) is 18.2 Å². The lowest BCUT2D eigenvalue weighted by molar-refractivity contribution is -0.140. The molecule has 0 atom stereocenters. The Kier molecular flexibility index (Phi) is 2.76. The number of esters is 1. The van der Waals surface area contributed by atoms with Crippen LogP contribution < -0.4 is 0 Å². The molecule has 0 aliphatic heterocycles. The molecule has 0 unspecified atom stereocenters. The van der Waals surface area contributed by atoms with Gasteiger partial charge in [-0.25, -0.2) is 4.79 Å². The Bertz CT molecular complexity index is 617. The first kappa shape index (κ1) is 12.4. The fraction of sp³-hybridized carbons (Fsp3) is 0.273. The molecule has 7 heteroatoms. The minimum absolute atomic E-state index is 0.0438. The second-order valence-corrected chi connectivity index (χ2v) is 3.69. The Morgan fingerprint density at radius 2 is 2.06 bits per heavy atom. The molecule has 1 aromatic heterocycles. The Morgan fingerprint density at radius 3 is 2.61 bits per heavy atom. The van der Waals surface area contributed by atoms with E-state index in [1.807, 2.05) is 0 Å². The molecule has 4 nitrogen and oxygen atoms in total. The van der Waals surface area contributed by atoms with Gasteiger partial charge in [-0.05, 0) is 18.2 Å². The molecule has 2 aromatic rings. The number of hydrogen-bond acceptors (Lipinski definition) is 3. The van der Waals surface area contributed by atoms with E-state index < -0.39 is 17.8 Å². The maximum absolute atomic E-state index is 12.7. The van der Waals surface area contributed by atoms with Gasteiger partial charge in [0.25, 0.3) is 0 Å². The standard InChI is InChI=1S/C11H9F3N2O2/c1-16-8-5-6(10(17)18-2)3-4-7(8)9(15-16)11(12,13)14/h3-5H,1-2H3. The number of fused-ring (bicyclic) bond motifs is 1. The molecule has 0 spiro atoms. The van der Waals surface area contributed by atoms with Crippen LogP contribution in [0.25, 0.3) is 10.9 Å². The molecular formula is C11H9F3N2O2. The van der Waals surface area contributed by atoms with Crippen LogP contribution in [0.5, 0.6) is 0 Å². The summed E-state index contributed by atoms with van der Waals surface area (Å²) in [5.74, 6) is -0.605. The summed E-state index contributed by atoms with van der Waals surface area (Å²) in [5, 5.41) is 3.38. The molecule has 0 amide bonds. The maximum atomic E-state index is 12.7. The monoisotopic (exact) mass is 258 g/mol. The SMILES string of the molecule is COC(=O)c1ccc2c(C(F)(F)F)nn(C)c2c1. The first-order valence-corrected chi connectivity index (χ1v) is 4.97. The Labute approximate surface area is 100.0 Å². The van der Waals surface area contributed by atoms with Gasteiger partial charge in [0.05, 0.1) is 18.2 Å². The van der Waals surface area contributed by atoms with Crippen LogP contribution in [0.4, 0.5) is 13.2 Å². The highest BCUT2D eigenvalue weighted by Gasteiger charge is 2.36. The summed E-state index contributed by atoms with van der Waals surface area (Å²) in [6, 6.07) is 3.83. The van der Waals surface area contributed by atoms with Gasteiger partial charge in [0.2, 0.25) is 0 Å². The summed E-state index contributed by atoms with van der Waals surface area (Å²) in [6.45, 7) is 0. The van der Waals surface area contributed by atoms with Gasteiger partial charge in [0.1, 0.15) is 0 Å². The quantitative estimate of drug-likeness (QED) is 0.737. The molecule has 2 rings (SSSR count). The predicted molar refractivity (Wildman–Crippen MR) is 57.1 cm³/mol. The van der Waals surface area contributed by atoms with Crippen molar-refractivity contribution < 1.29 is 22.7 Å². The summed E-state index contributed by atoms with van der Waals surface area (Å²) < 4.78 is 43.7. The van der Waals surface area contributed by atoms with Crippen molar-refractivity contribution in [2.24, 2.45) is 7.05 Å². The molecule has 0 aliphatic carbocycles. The molecule has 1 heterocycles. The fourth-order valence-electron chi connectivity index (χ4n) is 1.71. The number of nitrogens with zero attached hydrogens (tertiary/aromatic N) is 2. The van der Waals surface area contributed by atoms with Crippen LogP contribution in [0.2, 0.25) is 0 Å². The van der Waals surface area contributed by atoms with Crippen molar-refractivity contribution in [3.63, 3.8) is 0 Å². The van der Waals surface area contributed by atoms with Crippen molar-refractivity contribution in [1.29, 1.82) is 0 Å². The molecular weight excluding hydrogens is 249 g/mol. The molecule has 96 valence electrons. The number of carbonyl (C=O) groups excluding carboxylic acids is 1. The van der Waals surface area contributed by atoms with Crippen LogP contribution in [0.3, 0.4) is 0 Å². The number of hydrogen-bond donors (Lipinski definition) is 0. The lowest BCUT2D eigenvalue weighted by atomic mass is 10.1. The molecule has 1 aromatic carbocycles. The third kappa shape index (κ3) is 1.92. The summed E-state index contributed by atoms with van der Waals surface area (Å²) in [4.78, 5) is 11.3. The van der Waals surface area contributed by atoms with E-state index in [0.717, 1.165) is 4.68 Å². The van der Waals surface area contributed by atoms with Crippen molar-refractivity contribution in [1.82, 2.24) is 9.78 Å². The van der Waals surface area contributed by atoms with Crippen LogP contribution in [-0.4, -0.2) is 22.9 Å². The lowest BCUT2D eigenvalue weighted by Gasteiger charge is -2.02. The largest absolute Gasteiger partial charge is 0.465 e. The Hall–Kier alpha value is -2.05. The summed E-state index contributed by atoms with van der Waals surface area (Å²) in [5.41, 5.74) is -0.552. The van der Waals surface area contributed by atoms with Gasteiger partial charge in [0, 0.05) is 12.4 Å². The number of alkyl halides is 3. The van der Waals surface area contributed by atoms with Crippen molar-refractivity contribution >= 4 is 16.9 Å². The van der Waals surface area contributed by atoms with Gasteiger partial charge in [-0.15, -0.1) is 0 Å². The van der Waals surface area contributed by atoms with Gasteiger partial charge in [0.15, 0.2) is 5.69 Å². The Balaban J connectivity index is 2.66. The third-order valence-electron chi connectivity index (χ3n) is 2.54. The van der Waals surface area contributed by atoms with Crippen molar-refractivity contribution in [3.8, 4) is 0 Å². The van der Waals surface area contributed by atoms with Gasteiger partial charge < -0.3 is 4.74 Å². The number of carbonyl (C=O) groups is 1. The highest BCUT2D eigenvalue weighted by molar-refractivity contribution is 5.95. The topological polar surface area (TPSA) is 44.1 Å². The number of aryl methyl sites for hydroxylation is 1. The summed E-state index contributed by atoms with van der Waals surface area (Å²) in [6.07, 6.45) is -4.52. The van der Waals surface area contributed by atoms with Gasteiger partial charge in [-0.2, -0.15) is 18.3 Å². The van der Waals surface area contributed by atoms with Crippen LogP contribution in [0, 0.1) is 0 Å². The van der Waals surface area contributed by atoms with E-state index in [1.54, 1.807) is 0 Å². The normalized spacial score (nSPS) is 11.8. The van der Waals surface area contributed by atoms with E-state index in [0.29, 0.717) is 0 Å². The van der Waals surface area contributed by atoms with E-state index in [4.69, 9.17) is 0 Å². The van der Waals surface area contributed by atoms with E-state index >= 15 is 0 Å². The maximum Gasteiger partial charge on any atom is 0.435 e. The number of halogens is 3. The zero-order valence-electron chi connectivity index (χ0n) is 9.58. The van der Waals surface area contributed by atoms with E-state index in [2.05, 4.69) is 9.84 Å². The van der Waals surface area contributed by atoms with Crippen molar-refractivity contribution in [2.75, 3.05) is 7.11 Å². The molecule has 0 radical (unpaired) electrons. The Morgan fingerprint density at radius 1 is 1.39 bits per heavy atom. The van der Waals surface area contributed by atoms with Crippen LogP contribution >= 0.6 is 0 Å². The highest BCUT2D eigenvalue weighted by Crippen LogP contribution is 2.34. The van der Waals surface area contributed by atoms with Gasteiger partial charge >= 0.3 is 12.1 Å². The van der Waals surface area contributed by atoms with Crippen LogP contribution in [0.1, 0.15) is 16.1 Å².